The van der Waals surface area contributed by atoms with Gasteiger partial charge in [-0.1, -0.05) is 35.6 Å². The van der Waals surface area contributed by atoms with Gasteiger partial charge in [-0.3, -0.25) is 4.79 Å². The van der Waals surface area contributed by atoms with Gasteiger partial charge in [-0.15, -0.1) is 0 Å². The predicted molar refractivity (Wildman–Crippen MR) is 83.4 cm³/mol. The van der Waals surface area contributed by atoms with E-state index in [2.05, 4.69) is 17.2 Å². The molecule has 0 aromatic heterocycles. The summed E-state index contributed by atoms with van der Waals surface area (Å²) < 4.78 is 0. The second-order valence-electron chi connectivity index (χ2n) is 4.17. The van der Waals surface area contributed by atoms with Crippen LogP contribution in [0, 0.1) is 11.8 Å². The van der Waals surface area contributed by atoms with Crippen LogP contribution in [0.2, 0.25) is 5.02 Å². The largest absolute Gasteiger partial charge is 0.507 e. The summed E-state index contributed by atoms with van der Waals surface area (Å²) in [5.41, 5.74) is 6.60. The number of hydrogen-bond donors (Lipinski definition) is 3. The van der Waals surface area contributed by atoms with Crippen molar-refractivity contribution in [3.05, 3.63) is 58.6 Å². The number of nitrogens with one attached hydrogen (secondary N) is 1. The molecule has 2 aromatic rings. The van der Waals surface area contributed by atoms with Crippen molar-refractivity contribution in [3.8, 4) is 17.6 Å². The summed E-state index contributed by atoms with van der Waals surface area (Å²) in [5, 5.41) is 12.9. The zero-order valence-electron chi connectivity index (χ0n) is 11.1. The van der Waals surface area contributed by atoms with Crippen molar-refractivity contribution in [1.82, 2.24) is 0 Å². The van der Waals surface area contributed by atoms with E-state index in [1.807, 2.05) is 0 Å². The lowest BCUT2D eigenvalue weighted by Crippen LogP contribution is -2.13. The molecule has 0 aliphatic heterocycles. The van der Waals surface area contributed by atoms with Crippen LogP contribution in [0.3, 0.4) is 0 Å². The fourth-order valence-electron chi connectivity index (χ4n) is 1.73. The van der Waals surface area contributed by atoms with Crippen LogP contribution in [0.1, 0.15) is 15.9 Å². The number of aromatic hydroxyl groups is 1. The number of phenols is 1. The fraction of sp³-hybridized carbons (Fsp3) is 0.0625. The van der Waals surface area contributed by atoms with Crippen molar-refractivity contribution in [2.45, 2.75) is 0 Å². The third kappa shape index (κ3) is 3.76. The van der Waals surface area contributed by atoms with Crippen LogP contribution in [0.5, 0.6) is 5.75 Å². The zero-order chi connectivity index (χ0) is 15.2. The van der Waals surface area contributed by atoms with E-state index in [4.69, 9.17) is 17.3 Å². The van der Waals surface area contributed by atoms with Gasteiger partial charge < -0.3 is 16.2 Å². The minimum atomic E-state index is -0.439. The second-order valence-corrected chi connectivity index (χ2v) is 4.60. The predicted octanol–water partition coefficient (Wildman–Crippen LogP) is 2.61. The molecule has 0 radical (unpaired) electrons. The van der Waals surface area contributed by atoms with Crippen LogP contribution in [-0.4, -0.2) is 17.6 Å². The maximum Gasteiger partial charge on any atom is 0.259 e. The van der Waals surface area contributed by atoms with E-state index in [9.17, 15) is 9.90 Å². The molecule has 0 aliphatic rings. The lowest BCUT2D eigenvalue weighted by molar-refractivity contribution is 0.102. The number of phenolic OH excluding ortho intramolecular Hbond substituents is 1. The van der Waals surface area contributed by atoms with E-state index >= 15 is 0 Å². The standard InChI is InChI=1S/C16H13ClN2O2/c17-12-8-7-11(4-3-9-18)14(10-12)19-16(21)13-5-1-2-6-15(13)20/h1-2,5-8,10,20H,9,18H2,(H,19,21). The molecule has 0 spiro atoms. The highest BCUT2D eigenvalue weighted by Gasteiger charge is 2.12. The molecule has 0 atom stereocenters. The number of carbonyl (C=O) groups excluding carboxylic acids is 1. The summed E-state index contributed by atoms with van der Waals surface area (Å²) in [4.78, 5) is 12.2. The number of benzene rings is 2. The molecule has 5 heteroatoms. The van der Waals surface area contributed by atoms with Gasteiger partial charge in [0.25, 0.3) is 5.91 Å². The Kier molecular flexibility index (Phi) is 4.83. The van der Waals surface area contributed by atoms with Gasteiger partial charge in [0.2, 0.25) is 0 Å². The average molecular weight is 301 g/mol. The zero-order valence-corrected chi connectivity index (χ0v) is 11.8. The number of nitrogens with two attached hydrogens (primary N) is 1. The van der Waals surface area contributed by atoms with Gasteiger partial charge in [-0.05, 0) is 30.3 Å². The number of amides is 1. The first-order chi connectivity index (χ1) is 10.1. The van der Waals surface area contributed by atoms with Crippen LogP contribution in [0.4, 0.5) is 5.69 Å². The Morgan fingerprint density at radius 3 is 2.76 bits per heavy atom. The third-order valence-electron chi connectivity index (χ3n) is 2.70. The Labute approximate surface area is 127 Å². The Bertz CT molecular complexity index is 733. The van der Waals surface area contributed by atoms with E-state index in [1.165, 1.54) is 12.1 Å². The lowest BCUT2D eigenvalue weighted by atomic mass is 10.1. The molecule has 4 nitrogen and oxygen atoms in total. The molecule has 2 rings (SSSR count). The quantitative estimate of drug-likeness (QED) is 0.746. The molecule has 0 bridgehead atoms. The molecule has 1 amide bonds. The molecule has 0 saturated heterocycles. The molecule has 0 aliphatic carbocycles. The van der Waals surface area contributed by atoms with Gasteiger partial charge in [0, 0.05) is 10.6 Å². The smallest absolute Gasteiger partial charge is 0.259 e. The molecule has 0 fully saturated rings. The van der Waals surface area contributed by atoms with Gasteiger partial charge >= 0.3 is 0 Å². The van der Waals surface area contributed by atoms with Crippen LogP contribution >= 0.6 is 11.6 Å². The van der Waals surface area contributed by atoms with Crippen LogP contribution < -0.4 is 11.1 Å². The number of carbonyl (C=O) groups is 1. The number of rotatable bonds is 2. The van der Waals surface area contributed by atoms with Gasteiger partial charge in [-0.25, -0.2) is 0 Å². The number of halogens is 1. The van der Waals surface area contributed by atoms with Crippen molar-refractivity contribution < 1.29 is 9.90 Å². The molecular weight excluding hydrogens is 288 g/mol. The Morgan fingerprint density at radius 2 is 2.05 bits per heavy atom. The van der Waals surface area contributed by atoms with Crippen molar-refractivity contribution in [2.75, 3.05) is 11.9 Å². The monoisotopic (exact) mass is 300 g/mol. The maximum atomic E-state index is 12.2. The summed E-state index contributed by atoms with van der Waals surface area (Å²) in [7, 11) is 0. The van der Waals surface area contributed by atoms with Gasteiger partial charge in [0.15, 0.2) is 0 Å². The number of hydrogen-bond acceptors (Lipinski definition) is 3. The first-order valence-corrected chi connectivity index (χ1v) is 6.57. The summed E-state index contributed by atoms with van der Waals surface area (Å²) in [6.45, 7) is 0.218. The van der Waals surface area contributed by atoms with Crippen molar-refractivity contribution >= 4 is 23.2 Å². The van der Waals surface area contributed by atoms with Crippen LogP contribution in [0.25, 0.3) is 0 Å². The third-order valence-corrected chi connectivity index (χ3v) is 2.94. The Morgan fingerprint density at radius 1 is 1.29 bits per heavy atom. The van der Waals surface area contributed by atoms with E-state index in [0.29, 0.717) is 16.3 Å². The van der Waals surface area contributed by atoms with E-state index < -0.39 is 5.91 Å². The first kappa shape index (κ1) is 14.9. The molecule has 4 N–H and O–H groups in total. The SMILES string of the molecule is NCC#Cc1ccc(Cl)cc1NC(=O)c1ccccc1O. The molecule has 21 heavy (non-hydrogen) atoms. The van der Waals surface area contributed by atoms with Crippen LogP contribution in [-0.2, 0) is 0 Å². The summed E-state index contributed by atoms with van der Waals surface area (Å²) in [6, 6.07) is 11.3. The molecule has 0 unspecified atom stereocenters. The Hall–Kier alpha value is -2.48. The molecule has 0 heterocycles. The molecule has 2 aromatic carbocycles. The highest BCUT2D eigenvalue weighted by Crippen LogP contribution is 2.23. The van der Waals surface area contributed by atoms with Crippen molar-refractivity contribution in [2.24, 2.45) is 5.73 Å². The minimum Gasteiger partial charge on any atom is -0.507 e. The van der Waals surface area contributed by atoms with Crippen molar-refractivity contribution in [1.29, 1.82) is 0 Å². The Balaban J connectivity index is 2.33. The minimum absolute atomic E-state index is 0.0911. The lowest BCUT2D eigenvalue weighted by Gasteiger charge is -2.09. The van der Waals surface area contributed by atoms with E-state index in [0.717, 1.165) is 0 Å². The maximum absolute atomic E-state index is 12.2. The van der Waals surface area contributed by atoms with Gasteiger partial charge in [0.1, 0.15) is 5.75 Å². The highest BCUT2D eigenvalue weighted by atomic mass is 35.5. The topological polar surface area (TPSA) is 75.3 Å². The number of anilines is 1. The normalized spacial score (nSPS) is 9.62. The molecule has 0 saturated carbocycles. The van der Waals surface area contributed by atoms with Gasteiger partial charge in [-0.2, -0.15) is 0 Å². The van der Waals surface area contributed by atoms with Gasteiger partial charge in [0.05, 0.1) is 17.8 Å². The summed E-state index contributed by atoms with van der Waals surface area (Å²) >= 11 is 5.94. The molecule has 106 valence electrons. The number of para-hydroxylation sites is 1. The summed E-state index contributed by atoms with van der Waals surface area (Å²) in [6.07, 6.45) is 0. The highest BCUT2D eigenvalue weighted by molar-refractivity contribution is 6.31. The second kappa shape index (κ2) is 6.80. The summed E-state index contributed by atoms with van der Waals surface area (Å²) in [5.74, 6) is 5.05. The molecular formula is C16H13ClN2O2. The van der Waals surface area contributed by atoms with E-state index in [1.54, 1.807) is 30.3 Å². The first-order valence-electron chi connectivity index (χ1n) is 6.19. The fourth-order valence-corrected chi connectivity index (χ4v) is 1.90. The van der Waals surface area contributed by atoms with Crippen molar-refractivity contribution in [3.63, 3.8) is 0 Å². The van der Waals surface area contributed by atoms with E-state index in [-0.39, 0.29) is 17.9 Å². The average Bonchev–Trinajstić information content (AvgIpc) is 2.47. The van der Waals surface area contributed by atoms with Crippen LogP contribution in [0.15, 0.2) is 42.5 Å².